The van der Waals surface area contributed by atoms with E-state index in [2.05, 4.69) is 9.80 Å². The van der Waals surface area contributed by atoms with Crippen LogP contribution < -0.4 is 0 Å². The van der Waals surface area contributed by atoms with Gasteiger partial charge in [-0.2, -0.15) is 0 Å². The van der Waals surface area contributed by atoms with Crippen LogP contribution >= 0.6 is 0 Å². The first-order chi connectivity index (χ1) is 12.2. The first-order valence-corrected chi connectivity index (χ1v) is 8.38. The molecule has 0 N–H and O–H groups in total. The number of hydrogen-bond acceptors (Lipinski definition) is 5. The van der Waals surface area contributed by atoms with Crippen LogP contribution in [-0.2, 0) is 11.3 Å². The Balaban J connectivity index is 1.57. The number of allylic oxidation sites excluding steroid dienone is 5. The number of nitro benzene ring substituents is 1. The van der Waals surface area contributed by atoms with Gasteiger partial charge in [0.1, 0.15) is 6.29 Å². The molecule has 1 heterocycles. The summed E-state index contributed by atoms with van der Waals surface area (Å²) in [7, 11) is 0. The Morgan fingerprint density at radius 2 is 1.80 bits per heavy atom. The SMILES string of the molecule is O=CC1C=CC=CC=C1N1CCN(Cc2ccc([N+](=O)[O-])cc2)CC1. The molecule has 1 aliphatic carbocycles. The van der Waals surface area contributed by atoms with Gasteiger partial charge in [0.2, 0.25) is 0 Å². The number of nitrogens with zero attached hydrogens (tertiary/aromatic N) is 3. The number of hydrogen-bond donors (Lipinski definition) is 0. The van der Waals surface area contributed by atoms with E-state index in [1.807, 2.05) is 42.5 Å². The maximum atomic E-state index is 11.3. The Morgan fingerprint density at radius 3 is 2.44 bits per heavy atom. The number of benzene rings is 1. The van der Waals surface area contributed by atoms with Crippen LogP contribution in [0.2, 0.25) is 0 Å². The summed E-state index contributed by atoms with van der Waals surface area (Å²) in [6.07, 6.45) is 10.7. The molecule has 2 aliphatic rings. The van der Waals surface area contributed by atoms with Crippen LogP contribution in [0.15, 0.2) is 60.3 Å². The van der Waals surface area contributed by atoms with Crippen molar-refractivity contribution in [3.05, 3.63) is 76.0 Å². The zero-order chi connectivity index (χ0) is 17.6. The molecule has 6 heteroatoms. The lowest BCUT2D eigenvalue weighted by molar-refractivity contribution is -0.384. The molecule has 3 rings (SSSR count). The highest BCUT2D eigenvalue weighted by molar-refractivity contribution is 5.62. The minimum absolute atomic E-state index is 0.120. The highest BCUT2D eigenvalue weighted by Gasteiger charge is 2.23. The summed E-state index contributed by atoms with van der Waals surface area (Å²) in [5.41, 5.74) is 2.24. The van der Waals surface area contributed by atoms with E-state index < -0.39 is 0 Å². The van der Waals surface area contributed by atoms with Crippen molar-refractivity contribution in [2.45, 2.75) is 6.54 Å². The quantitative estimate of drug-likeness (QED) is 0.468. The van der Waals surface area contributed by atoms with E-state index in [0.717, 1.165) is 50.3 Å². The molecule has 1 atom stereocenters. The summed E-state index contributed by atoms with van der Waals surface area (Å²) in [6, 6.07) is 6.73. The molecule has 1 saturated heterocycles. The molecule has 0 aromatic heterocycles. The van der Waals surface area contributed by atoms with Crippen molar-refractivity contribution < 1.29 is 9.72 Å². The van der Waals surface area contributed by atoms with E-state index in [-0.39, 0.29) is 16.5 Å². The smallest absolute Gasteiger partial charge is 0.269 e. The number of nitro groups is 1. The fourth-order valence-electron chi connectivity index (χ4n) is 3.19. The Kier molecular flexibility index (Phi) is 5.40. The lowest BCUT2D eigenvalue weighted by Crippen LogP contribution is -2.46. The summed E-state index contributed by atoms with van der Waals surface area (Å²) in [5, 5.41) is 10.7. The number of carbonyl (C=O) groups excluding carboxylic acids is 1. The average Bonchev–Trinajstić information content (AvgIpc) is 2.88. The summed E-state index contributed by atoms with van der Waals surface area (Å²) < 4.78 is 0. The third-order valence-electron chi connectivity index (χ3n) is 4.59. The van der Waals surface area contributed by atoms with Gasteiger partial charge in [0.05, 0.1) is 10.8 Å². The minimum atomic E-state index is -0.380. The van der Waals surface area contributed by atoms with Crippen molar-refractivity contribution in [1.29, 1.82) is 0 Å². The molecule has 0 spiro atoms. The van der Waals surface area contributed by atoms with Crippen LogP contribution in [0.5, 0.6) is 0 Å². The predicted molar refractivity (Wildman–Crippen MR) is 95.9 cm³/mol. The van der Waals surface area contributed by atoms with Crippen molar-refractivity contribution in [3.8, 4) is 0 Å². The third kappa shape index (κ3) is 4.22. The molecule has 6 nitrogen and oxygen atoms in total. The second-order valence-corrected chi connectivity index (χ2v) is 6.21. The van der Waals surface area contributed by atoms with Crippen molar-refractivity contribution in [2.24, 2.45) is 5.92 Å². The molecule has 1 aromatic rings. The van der Waals surface area contributed by atoms with Crippen LogP contribution in [0.1, 0.15) is 5.56 Å². The molecular formula is C19H21N3O3. The molecule has 130 valence electrons. The summed E-state index contributed by atoms with van der Waals surface area (Å²) >= 11 is 0. The van der Waals surface area contributed by atoms with Crippen molar-refractivity contribution >= 4 is 12.0 Å². The lowest BCUT2D eigenvalue weighted by Gasteiger charge is -2.38. The van der Waals surface area contributed by atoms with Crippen LogP contribution in [0, 0.1) is 16.0 Å². The Bertz CT molecular complexity index is 714. The number of aldehydes is 1. The van der Waals surface area contributed by atoms with Gasteiger partial charge in [0.25, 0.3) is 5.69 Å². The average molecular weight is 339 g/mol. The van der Waals surface area contributed by atoms with Gasteiger partial charge in [-0.15, -0.1) is 0 Å². The van der Waals surface area contributed by atoms with Gasteiger partial charge < -0.3 is 9.69 Å². The monoisotopic (exact) mass is 339 g/mol. The second-order valence-electron chi connectivity index (χ2n) is 6.21. The number of carbonyl (C=O) groups is 1. The van der Waals surface area contributed by atoms with Gasteiger partial charge in [0.15, 0.2) is 0 Å². The normalized spacial score (nSPS) is 20.9. The number of piperazine rings is 1. The zero-order valence-electron chi connectivity index (χ0n) is 14.0. The molecule has 0 amide bonds. The van der Waals surface area contributed by atoms with E-state index in [1.54, 1.807) is 12.1 Å². The third-order valence-corrected chi connectivity index (χ3v) is 4.59. The Hall–Kier alpha value is -2.73. The van der Waals surface area contributed by atoms with E-state index in [0.29, 0.717) is 0 Å². The van der Waals surface area contributed by atoms with Gasteiger partial charge in [-0.1, -0.05) is 36.4 Å². The van der Waals surface area contributed by atoms with E-state index in [1.165, 1.54) is 0 Å². The highest BCUT2D eigenvalue weighted by Crippen LogP contribution is 2.21. The van der Waals surface area contributed by atoms with Crippen molar-refractivity contribution in [1.82, 2.24) is 9.80 Å². The standard InChI is InChI=1S/C19H21N3O3/c23-15-17-4-2-1-3-5-19(17)21-12-10-20(11-13-21)14-16-6-8-18(9-7-16)22(24)25/h1-9,15,17H,10-14H2. The van der Waals surface area contributed by atoms with Crippen LogP contribution in [0.3, 0.4) is 0 Å². The van der Waals surface area contributed by atoms with Gasteiger partial charge >= 0.3 is 0 Å². The molecule has 0 saturated carbocycles. The molecule has 25 heavy (non-hydrogen) atoms. The summed E-state index contributed by atoms with van der Waals surface area (Å²) in [5.74, 6) is -0.184. The molecule has 1 unspecified atom stereocenters. The molecule has 1 aliphatic heterocycles. The Morgan fingerprint density at radius 1 is 1.08 bits per heavy atom. The maximum Gasteiger partial charge on any atom is 0.269 e. The van der Waals surface area contributed by atoms with Crippen LogP contribution in [0.25, 0.3) is 0 Å². The maximum absolute atomic E-state index is 11.3. The summed E-state index contributed by atoms with van der Waals surface area (Å²) in [4.78, 5) is 26.3. The number of rotatable bonds is 5. The highest BCUT2D eigenvalue weighted by atomic mass is 16.6. The van der Waals surface area contributed by atoms with Gasteiger partial charge in [-0.25, -0.2) is 0 Å². The topological polar surface area (TPSA) is 66.7 Å². The van der Waals surface area contributed by atoms with Crippen LogP contribution in [-0.4, -0.2) is 47.2 Å². The molecular weight excluding hydrogens is 318 g/mol. The summed E-state index contributed by atoms with van der Waals surface area (Å²) in [6.45, 7) is 4.30. The largest absolute Gasteiger partial charge is 0.371 e. The predicted octanol–water partition coefficient (Wildman–Crippen LogP) is 2.54. The fourth-order valence-corrected chi connectivity index (χ4v) is 3.19. The number of non-ortho nitro benzene ring substituents is 1. The first kappa shape index (κ1) is 17.1. The van der Waals surface area contributed by atoms with E-state index >= 15 is 0 Å². The molecule has 1 fully saturated rings. The molecule has 0 radical (unpaired) electrons. The molecule has 0 bridgehead atoms. The van der Waals surface area contributed by atoms with Crippen molar-refractivity contribution in [3.63, 3.8) is 0 Å². The lowest BCUT2D eigenvalue weighted by atomic mass is 10.0. The fraction of sp³-hybridized carbons (Fsp3) is 0.316. The van der Waals surface area contributed by atoms with E-state index in [9.17, 15) is 14.9 Å². The van der Waals surface area contributed by atoms with Gasteiger partial charge in [-0.05, 0) is 11.6 Å². The Labute approximate surface area is 146 Å². The van der Waals surface area contributed by atoms with Gasteiger partial charge in [-0.3, -0.25) is 15.0 Å². The van der Waals surface area contributed by atoms with Crippen LogP contribution in [0.4, 0.5) is 5.69 Å². The minimum Gasteiger partial charge on any atom is -0.371 e. The second kappa shape index (κ2) is 7.90. The molecule has 1 aromatic carbocycles. The zero-order valence-corrected chi connectivity index (χ0v) is 14.0. The van der Waals surface area contributed by atoms with Gasteiger partial charge in [0, 0.05) is 50.6 Å². The van der Waals surface area contributed by atoms with Crippen molar-refractivity contribution in [2.75, 3.05) is 26.2 Å². The van der Waals surface area contributed by atoms with E-state index in [4.69, 9.17) is 0 Å². The first-order valence-electron chi connectivity index (χ1n) is 8.38.